The Morgan fingerprint density at radius 3 is 2.65 bits per heavy atom. The molecule has 3 heteroatoms. The van der Waals surface area contributed by atoms with E-state index in [0.29, 0.717) is 6.04 Å². The first-order chi connectivity index (χ1) is 8.14. The molecule has 0 saturated carbocycles. The first-order valence-electron chi connectivity index (χ1n) is 6.20. The molecule has 0 aromatic heterocycles. The Kier molecular flexibility index (Phi) is 4.44. The van der Waals surface area contributed by atoms with Crippen molar-refractivity contribution in [2.45, 2.75) is 37.8 Å². The largest absolute Gasteiger partial charge is 0.374 e. The van der Waals surface area contributed by atoms with Gasteiger partial charge < -0.3 is 10.1 Å². The van der Waals surface area contributed by atoms with Gasteiger partial charge in [-0.2, -0.15) is 0 Å². The Balaban J connectivity index is 2.06. The molecule has 2 atom stereocenters. The highest BCUT2D eigenvalue weighted by atomic mass is 127. The monoisotopic (exact) mass is 345 g/mol. The summed E-state index contributed by atoms with van der Waals surface area (Å²) in [7, 11) is 2.03. The Morgan fingerprint density at radius 2 is 2.12 bits per heavy atom. The third-order valence-corrected chi connectivity index (χ3v) is 4.41. The van der Waals surface area contributed by atoms with E-state index in [1.54, 1.807) is 0 Å². The Bertz CT molecular complexity index is 357. The summed E-state index contributed by atoms with van der Waals surface area (Å²) in [5.74, 6) is 0. The normalized spacial score (nSPS) is 26.1. The summed E-state index contributed by atoms with van der Waals surface area (Å²) in [5, 5.41) is 3.42. The Labute approximate surface area is 117 Å². The maximum Gasteiger partial charge on any atom is 0.0810 e. The number of hydrogen-bond donors (Lipinski definition) is 1. The molecule has 0 aliphatic carbocycles. The summed E-state index contributed by atoms with van der Waals surface area (Å²) in [6, 6.07) is 9.15. The van der Waals surface area contributed by atoms with E-state index in [-0.39, 0.29) is 5.60 Å². The van der Waals surface area contributed by atoms with Crippen LogP contribution in [0.3, 0.4) is 0 Å². The molecular weight excluding hydrogens is 325 g/mol. The van der Waals surface area contributed by atoms with Gasteiger partial charge in [0, 0.05) is 16.2 Å². The molecule has 2 nitrogen and oxygen atoms in total. The van der Waals surface area contributed by atoms with Crippen molar-refractivity contribution in [2.24, 2.45) is 0 Å². The molecule has 17 heavy (non-hydrogen) atoms. The third kappa shape index (κ3) is 3.20. The summed E-state index contributed by atoms with van der Waals surface area (Å²) in [6.45, 7) is 3.13. The molecular formula is C14H20INO. The van der Waals surface area contributed by atoms with Crippen LogP contribution in [0.25, 0.3) is 0 Å². The molecule has 1 aliphatic rings. The second-order valence-corrected chi connectivity index (χ2v) is 6.18. The highest BCUT2D eigenvalue weighted by Gasteiger charge is 2.37. The van der Waals surface area contributed by atoms with Gasteiger partial charge in [0.1, 0.15) is 0 Å². The van der Waals surface area contributed by atoms with E-state index >= 15 is 0 Å². The zero-order chi connectivity index (χ0) is 12.3. The van der Waals surface area contributed by atoms with Crippen molar-refractivity contribution >= 4 is 22.6 Å². The molecule has 1 saturated heterocycles. The number of halogens is 1. The SMILES string of the molecule is CNC(Cc1ccc(I)cc1)C1(C)CCCO1. The topological polar surface area (TPSA) is 21.3 Å². The van der Waals surface area contributed by atoms with Crippen molar-refractivity contribution in [2.75, 3.05) is 13.7 Å². The second kappa shape index (κ2) is 5.67. The smallest absolute Gasteiger partial charge is 0.0810 e. The van der Waals surface area contributed by atoms with Crippen LogP contribution in [-0.2, 0) is 11.2 Å². The molecule has 94 valence electrons. The van der Waals surface area contributed by atoms with Gasteiger partial charge in [0.25, 0.3) is 0 Å². The summed E-state index contributed by atoms with van der Waals surface area (Å²) >= 11 is 2.34. The van der Waals surface area contributed by atoms with E-state index in [4.69, 9.17) is 4.74 Å². The minimum Gasteiger partial charge on any atom is -0.374 e. The molecule has 2 rings (SSSR count). The Hall–Kier alpha value is -0.130. The number of likely N-dealkylation sites (N-methyl/N-ethyl adjacent to an activating group) is 1. The van der Waals surface area contributed by atoms with Gasteiger partial charge >= 0.3 is 0 Å². The van der Waals surface area contributed by atoms with Crippen LogP contribution in [0.1, 0.15) is 25.3 Å². The predicted molar refractivity (Wildman–Crippen MR) is 79.3 cm³/mol. The standard InChI is InChI=1S/C14H20INO/c1-14(8-3-9-17-14)13(16-2)10-11-4-6-12(15)7-5-11/h4-7,13,16H,3,8-10H2,1-2H3. The summed E-state index contributed by atoms with van der Waals surface area (Å²) in [6.07, 6.45) is 3.37. The third-order valence-electron chi connectivity index (χ3n) is 3.69. The summed E-state index contributed by atoms with van der Waals surface area (Å²) < 4.78 is 7.21. The fourth-order valence-electron chi connectivity index (χ4n) is 2.55. The fourth-order valence-corrected chi connectivity index (χ4v) is 2.91. The number of ether oxygens (including phenoxy) is 1. The van der Waals surface area contributed by atoms with Gasteiger partial charge in [0.2, 0.25) is 0 Å². The zero-order valence-electron chi connectivity index (χ0n) is 10.5. The van der Waals surface area contributed by atoms with Gasteiger partial charge in [-0.25, -0.2) is 0 Å². The Morgan fingerprint density at radius 1 is 1.41 bits per heavy atom. The number of hydrogen-bond acceptors (Lipinski definition) is 2. The highest BCUT2D eigenvalue weighted by Crippen LogP contribution is 2.30. The maximum absolute atomic E-state index is 5.93. The average molecular weight is 345 g/mol. The van der Waals surface area contributed by atoms with Gasteiger partial charge in [-0.05, 0) is 73.5 Å². The minimum atomic E-state index is -0.00224. The van der Waals surface area contributed by atoms with E-state index in [0.717, 1.165) is 19.4 Å². The van der Waals surface area contributed by atoms with E-state index in [2.05, 4.69) is 59.1 Å². The molecule has 0 spiro atoms. The van der Waals surface area contributed by atoms with Gasteiger partial charge in [-0.15, -0.1) is 0 Å². The van der Waals surface area contributed by atoms with E-state index in [1.165, 1.54) is 15.6 Å². The number of rotatable bonds is 4. The van der Waals surface area contributed by atoms with Crippen molar-refractivity contribution in [3.05, 3.63) is 33.4 Å². The molecule has 1 N–H and O–H groups in total. The molecule has 0 amide bonds. The molecule has 1 aliphatic heterocycles. The molecule has 1 fully saturated rings. The first kappa shape index (κ1) is 13.3. The lowest BCUT2D eigenvalue weighted by molar-refractivity contribution is -0.00943. The predicted octanol–water partition coefficient (Wildman–Crippen LogP) is 2.99. The van der Waals surface area contributed by atoms with Crippen LogP contribution in [-0.4, -0.2) is 25.3 Å². The van der Waals surface area contributed by atoms with Crippen molar-refractivity contribution in [1.82, 2.24) is 5.32 Å². The van der Waals surface area contributed by atoms with Crippen LogP contribution in [0, 0.1) is 3.57 Å². The van der Waals surface area contributed by atoms with E-state index in [1.807, 2.05) is 7.05 Å². The number of benzene rings is 1. The van der Waals surface area contributed by atoms with Gasteiger partial charge in [-0.3, -0.25) is 0 Å². The van der Waals surface area contributed by atoms with Crippen LogP contribution >= 0.6 is 22.6 Å². The van der Waals surface area contributed by atoms with Crippen molar-refractivity contribution in [3.63, 3.8) is 0 Å². The van der Waals surface area contributed by atoms with Crippen LogP contribution in [0.4, 0.5) is 0 Å². The molecule has 0 bridgehead atoms. The highest BCUT2D eigenvalue weighted by molar-refractivity contribution is 14.1. The van der Waals surface area contributed by atoms with Gasteiger partial charge in [0.05, 0.1) is 5.60 Å². The second-order valence-electron chi connectivity index (χ2n) is 4.94. The van der Waals surface area contributed by atoms with Crippen molar-refractivity contribution in [1.29, 1.82) is 0 Å². The summed E-state index contributed by atoms with van der Waals surface area (Å²) in [4.78, 5) is 0. The number of nitrogens with one attached hydrogen (secondary N) is 1. The minimum absolute atomic E-state index is 0.00224. The molecule has 2 unspecified atom stereocenters. The molecule has 1 aromatic rings. The molecule has 1 heterocycles. The van der Waals surface area contributed by atoms with E-state index < -0.39 is 0 Å². The fraction of sp³-hybridized carbons (Fsp3) is 0.571. The van der Waals surface area contributed by atoms with Crippen LogP contribution in [0.2, 0.25) is 0 Å². The lowest BCUT2D eigenvalue weighted by Crippen LogP contribution is -2.48. The molecule has 1 aromatic carbocycles. The summed E-state index contributed by atoms with van der Waals surface area (Å²) in [5.41, 5.74) is 1.37. The van der Waals surface area contributed by atoms with Gasteiger partial charge in [-0.1, -0.05) is 12.1 Å². The van der Waals surface area contributed by atoms with Crippen LogP contribution < -0.4 is 5.32 Å². The first-order valence-corrected chi connectivity index (χ1v) is 7.27. The lowest BCUT2D eigenvalue weighted by atomic mass is 9.88. The van der Waals surface area contributed by atoms with Crippen LogP contribution in [0.15, 0.2) is 24.3 Å². The van der Waals surface area contributed by atoms with Crippen molar-refractivity contribution < 1.29 is 4.74 Å². The van der Waals surface area contributed by atoms with Crippen molar-refractivity contribution in [3.8, 4) is 0 Å². The van der Waals surface area contributed by atoms with Crippen LogP contribution in [0.5, 0.6) is 0 Å². The zero-order valence-corrected chi connectivity index (χ0v) is 12.7. The quantitative estimate of drug-likeness (QED) is 0.848. The lowest BCUT2D eigenvalue weighted by Gasteiger charge is -2.33. The van der Waals surface area contributed by atoms with E-state index in [9.17, 15) is 0 Å². The maximum atomic E-state index is 5.93. The van der Waals surface area contributed by atoms with Gasteiger partial charge in [0.15, 0.2) is 0 Å². The average Bonchev–Trinajstić information content (AvgIpc) is 2.76. The molecule has 0 radical (unpaired) electrons.